The molecule has 1 atom stereocenters. The van der Waals surface area contributed by atoms with Gasteiger partial charge in [0.1, 0.15) is 29.2 Å². The van der Waals surface area contributed by atoms with Crippen LogP contribution in [0.2, 0.25) is 0 Å². The lowest BCUT2D eigenvalue weighted by Crippen LogP contribution is -2.17. The molecule has 0 aliphatic heterocycles. The molecule has 4 rings (SSSR count). The Morgan fingerprint density at radius 3 is 2.66 bits per heavy atom. The molecule has 12 heteroatoms. The highest BCUT2D eigenvalue weighted by atomic mass is 19.1. The summed E-state index contributed by atoms with van der Waals surface area (Å²) in [6.45, 7) is 0. The monoisotopic (exact) mass is 479 g/mol. The number of ether oxygens (including phenoxy) is 2. The number of H-pyrrole nitrogens is 1. The molecule has 11 nitrogen and oxygen atoms in total. The van der Waals surface area contributed by atoms with Crippen LogP contribution in [0.25, 0.3) is 5.69 Å². The second-order valence-corrected chi connectivity index (χ2v) is 7.47. The number of amidine groups is 1. The van der Waals surface area contributed by atoms with Crippen LogP contribution >= 0.6 is 0 Å². The molecular formula is C23H24FN8O3+. The number of aromatic hydroxyl groups is 1. The molecule has 4 aromatic rings. The highest BCUT2D eigenvalue weighted by molar-refractivity contribution is 5.95. The largest absolute Gasteiger partial charge is 0.582 e. The molecule has 0 radical (unpaired) electrons. The van der Waals surface area contributed by atoms with Gasteiger partial charge in [-0.15, -0.1) is 5.10 Å². The van der Waals surface area contributed by atoms with Crippen molar-refractivity contribution >= 4 is 17.3 Å². The van der Waals surface area contributed by atoms with Crippen molar-refractivity contribution in [2.75, 3.05) is 25.3 Å². The van der Waals surface area contributed by atoms with Crippen molar-refractivity contribution in [3.05, 3.63) is 88.0 Å². The smallest absolute Gasteiger partial charge is 0.348 e. The minimum absolute atomic E-state index is 0.0834. The Balaban J connectivity index is 1.84. The average Bonchev–Trinajstić information content (AvgIpc) is 3.24. The summed E-state index contributed by atoms with van der Waals surface area (Å²) in [5.41, 5.74) is 12.4. The number of halogens is 1. The number of nitrogens with two attached hydrogens (primary N) is 2. The zero-order chi connectivity index (χ0) is 25.1. The standard InChI is InChI=1S/C23H23FN8O3/c1-34-17-10-14(15(24)11-18(17)35-2)19(29-13-7-5-12(6-8-13)20(25)26)22-30-23(33)32(31-22)16-4-3-9-28-21(16)27/h3-11,19,29H,1-2H3,(H3,25,26)(H2,27,28)(H,30,31,33)/p+1. The minimum atomic E-state index is -0.940. The van der Waals surface area contributed by atoms with E-state index in [0.29, 0.717) is 22.7 Å². The van der Waals surface area contributed by atoms with E-state index in [1.54, 1.807) is 36.4 Å². The highest BCUT2D eigenvalue weighted by Gasteiger charge is 2.27. The van der Waals surface area contributed by atoms with Gasteiger partial charge in [0.15, 0.2) is 12.9 Å². The fraction of sp³-hybridized carbons (Fsp3) is 0.130. The zero-order valence-electron chi connectivity index (χ0n) is 18.9. The van der Waals surface area contributed by atoms with E-state index >= 15 is 4.39 Å². The van der Waals surface area contributed by atoms with Crippen molar-refractivity contribution in [3.8, 4) is 17.2 Å². The lowest BCUT2D eigenvalue weighted by molar-refractivity contribution is 0.127. The van der Waals surface area contributed by atoms with Crippen molar-refractivity contribution < 1.29 is 13.9 Å². The van der Waals surface area contributed by atoms with Crippen molar-refractivity contribution in [2.24, 2.45) is 5.73 Å². The van der Waals surface area contributed by atoms with Crippen LogP contribution in [0.1, 0.15) is 23.0 Å². The van der Waals surface area contributed by atoms with Crippen LogP contribution < -0.4 is 27.2 Å². The molecule has 2 aromatic heterocycles. The van der Waals surface area contributed by atoms with Crippen LogP contribution in [0.5, 0.6) is 11.5 Å². The summed E-state index contributed by atoms with van der Waals surface area (Å²) < 4.78 is 25.8. The molecule has 8 N–H and O–H groups in total. The van der Waals surface area contributed by atoms with Crippen LogP contribution in [-0.4, -0.2) is 44.5 Å². The van der Waals surface area contributed by atoms with E-state index < -0.39 is 17.5 Å². The van der Waals surface area contributed by atoms with Crippen LogP contribution in [0, 0.1) is 11.2 Å². The van der Waals surface area contributed by atoms with Gasteiger partial charge in [-0.05, 0) is 42.5 Å². The number of anilines is 2. The predicted molar refractivity (Wildman–Crippen MR) is 130 cm³/mol. The molecule has 2 aromatic carbocycles. The molecule has 0 saturated heterocycles. The Morgan fingerprint density at radius 1 is 1.29 bits per heavy atom. The summed E-state index contributed by atoms with van der Waals surface area (Å²) in [6, 6.07) is 11.7. The first-order valence-corrected chi connectivity index (χ1v) is 10.4. The second kappa shape index (κ2) is 9.55. The Labute approximate surface area is 199 Å². The number of nitrogen functional groups attached to an aromatic ring is 2. The summed E-state index contributed by atoms with van der Waals surface area (Å²) in [5.74, 6) is 0.247. The molecule has 0 saturated carbocycles. The minimum Gasteiger partial charge on any atom is -0.582 e. The van der Waals surface area contributed by atoms with Gasteiger partial charge >= 0.3 is 5.69 Å². The SMILES string of the molecule is COc1cc(C(Nc2ccc(C(=N)N)cc2)c2nn(-c3cccnc3N)c(=O)[nH]2)c(F)cc1[OH+]C. The van der Waals surface area contributed by atoms with E-state index in [2.05, 4.69) is 25.1 Å². The first kappa shape index (κ1) is 23.3. The number of aromatic amines is 1. The molecule has 0 amide bonds. The van der Waals surface area contributed by atoms with Gasteiger partial charge in [0.05, 0.1) is 13.2 Å². The third-order valence-corrected chi connectivity index (χ3v) is 5.31. The first-order valence-electron chi connectivity index (χ1n) is 10.4. The van der Waals surface area contributed by atoms with E-state index in [-0.39, 0.29) is 28.7 Å². The number of hydrogen-bond acceptors (Lipinski definition) is 7. The summed E-state index contributed by atoms with van der Waals surface area (Å²) in [7, 11) is 2.98. The molecule has 0 bridgehead atoms. The van der Waals surface area contributed by atoms with Crippen molar-refractivity contribution in [1.29, 1.82) is 5.41 Å². The van der Waals surface area contributed by atoms with E-state index in [4.69, 9.17) is 21.6 Å². The molecule has 2 heterocycles. The van der Waals surface area contributed by atoms with Gasteiger partial charge in [0.25, 0.3) is 5.75 Å². The Kier molecular flexibility index (Phi) is 6.36. The number of benzene rings is 2. The number of rotatable bonds is 8. The molecule has 0 aliphatic rings. The quantitative estimate of drug-likeness (QED) is 0.146. The van der Waals surface area contributed by atoms with Gasteiger partial charge in [-0.3, -0.25) is 10.4 Å². The summed E-state index contributed by atoms with van der Waals surface area (Å²) >= 11 is 0. The Morgan fingerprint density at radius 2 is 2.03 bits per heavy atom. The van der Waals surface area contributed by atoms with Gasteiger partial charge in [-0.2, -0.15) is 4.68 Å². The number of nitrogens with one attached hydrogen (secondary N) is 3. The van der Waals surface area contributed by atoms with Gasteiger partial charge in [0, 0.05) is 23.0 Å². The third-order valence-electron chi connectivity index (χ3n) is 5.31. The highest BCUT2D eigenvalue weighted by Crippen LogP contribution is 2.35. The number of aliphatic hydroxyl groups is 1. The summed E-state index contributed by atoms with van der Waals surface area (Å²) in [4.78, 5) is 19.4. The van der Waals surface area contributed by atoms with Crippen LogP contribution in [0.4, 0.5) is 15.9 Å². The number of aromatic nitrogens is 4. The maximum atomic E-state index is 15.3. The van der Waals surface area contributed by atoms with Crippen LogP contribution in [0.3, 0.4) is 0 Å². The van der Waals surface area contributed by atoms with Crippen LogP contribution in [0.15, 0.2) is 59.5 Å². The third kappa shape index (κ3) is 4.62. The van der Waals surface area contributed by atoms with E-state index in [0.717, 1.165) is 4.68 Å². The molecule has 0 spiro atoms. The lowest BCUT2D eigenvalue weighted by Gasteiger charge is -2.20. The lowest BCUT2D eigenvalue weighted by atomic mass is 10.0. The van der Waals surface area contributed by atoms with Crippen molar-refractivity contribution in [1.82, 2.24) is 19.7 Å². The van der Waals surface area contributed by atoms with Gasteiger partial charge in [0.2, 0.25) is 5.75 Å². The molecule has 1 unspecified atom stereocenters. The molecule has 180 valence electrons. The van der Waals surface area contributed by atoms with Gasteiger partial charge in [-0.25, -0.2) is 14.2 Å². The van der Waals surface area contributed by atoms with Gasteiger partial charge in [-0.1, -0.05) is 0 Å². The summed E-state index contributed by atoms with van der Waals surface area (Å²) in [6.07, 6.45) is 1.49. The zero-order valence-corrected chi connectivity index (χ0v) is 18.9. The fourth-order valence-electron chi connectivity index (χ4n) is 3.55. The fourth-order valence-corrected chi connectivity index (χ4v) is 3.55. The predicted octanol–water partition coefficient (Wildman–Crippen LogP) is 2.04. The number of methoxy groups -OCH3 is 1. The topological polar surface area (TPSA) is 174 Å². The second-order valence-electron chi connectivity index (χ2n) is 7.47. The first-order chi connectivity index (χ1) is 16.8. The summed E-state index contributed by atoms with van der Waals surface area (Å²) in [5, 5.41) is 15.1. The van der Waals surface area contributed by atoms with E-state index in [1.165, 1.54) is 32.5 Å². The van der Waals surface area contributed by atoms with Crippen LogP contribution in [-0.2, 0) is 0 Å². The van der Waals surface area contributed by atoms with Crippen molar-refractivity contribution in [2.45, 2.75) is 6.04 Å². The molecule has 0 fully saturated rings. The van der Waals surface area contributed by atoms with Gasteiger partial charge < -0.3 is 26.3 Å². The Hall–Kier alpha value is -4.87. The Bertz CT molecular complexity index is 1430. The molecule has 35 heavy (non-hydrogen) atoms. The maximum Gasteiger partial charge on any atom is 0.348 e. The number of pyridine rings is 1. The maximum absolute atomic E-state index is 15.3. The average molecular weight is 479 g/mol. The number of hydrogen-bond donors (Lipinski definition) is 5. The van der Waals surface area contributed by atoms with E-state index in [1.807, 2.05) is 0 Å². The van der Waals surface area contributed by atoms with E-state index in [9.17, 15) is 4.79 Å². The number of nitrogens with zero attached hydrogens (tertiary/aromatic N) is 3. The molecule has 0 aliphatic carbocycles. The van der Waals surface area contributed by atoms with Crippen molar-refractivity contribution in [3.63, 3.8) is 0 Å². The normalized spacial score (nSPS) is 11.6. The molecular weight excluding hydrogens is 455 g/mol.